The number of aromatic nitrogens is 2. The van der Waals surface area contributed by atoms with Gasteiger partial charge < -0.3 is 4.40 Å². The molecule has 0 saturated heterocycles. The Morgan fingerprint density at radius 2 is 2.29 bits per heavy atom. The van der Waals surface area contributed by atoms with E-state index in [2.05, 4.69) is 10.6 Å². The lowest BCUT2D eigenvalue weighted by Crippen LogP contribution is -2.12. The number of fused-ring (bicyclic) bond motifs is 1. The molecule has 3 nitrogen and oxygen atoms in total. The maximum atomic E-state index is 11.3. The molecule has 1 aliphatic carbocycles. The highest BCUT2D eigenvalue weighted by Crippen LogP contribution is 2.36. The van der Waals surface area contributed by atoms with Crippen molar-refractivity contribution in [1.29, 1.82) is 0 Å². The van der Waals surface area contributed by atoms with Crippen LogP contribution in [0.2, 0.25) is 0 Å². The van der Waals surface area contributed by atoms with Crippen LogP contribution in [-0.2, 0) is 11.2 Å². The summed E-state index contributed by atoms with van der Waals surface area (Å²) in [7, 11) is 0. The van der Waals surface area contributed by atoms with Crippen molar-refractivity contribution >= 4 is 11.3 Å². The number of Topliss-reactive ketones (excluding diaryl/α,β-unsaturated/α-hetero) is 1. The molecular formula is C14H16N2O. The van der Waals surface area contributed by atoms with Gasteiger partial charge >= 0.3 is 0 Å². The standard InChI is InChI=1S/C14H16N2O/c1-10(17)9-12-13-7-2-3-8-16(13)14(15-12)11-5-4-6-11/h2-3,7-8,11H,4-6,9H2,1H3. The summed E-state index contributed by atoms with van der Waals surface area (Å²) >= 11 is 0. The van der Waals surface area contributed by atoms with Gasteiger partial charge in [0.1, 0.15) is 11.6 Å². The number of hydrogen-bond acceptors (Lipinski definition) is 2. The minimum absolute atomic E-state index is 0.175. The van der Waals surface area contributed by atoms with Gasteiger partial charge in [-0.1, -0.05) is 12.5 Å². The third-order valence-electron chi connectivity index (χ3n) is 3.54. The zero-order valence-electron chi connectivity index (χ0n) is 10.0. The Hall–Kier alpha value is -1.64. The molecule has 0 aromatic carbocycles. The highest BCUT2D eigenvalue weighted by Gasteiger charge is 2.25. The summed E-state index contributed by atoms with van der Waals surface area (Å²) < 4.78 is 2.15. The number of imidazole rings is 1. The maximum absolute atomic E-state index is 11.3. The van der Waals surface area contributed by atoms with Crippen LogP contribution in [-0.4, -0.2) is 15.2 Å². The monoisotopic (exact) mass is 228 g/mol. The van der Waals surface area contributed by atoms with Gasteiger partial charge in [0.05, 0.1) is 17.6 Å². The number of carbonyl (C=O) groups is 1. The van der Waals surface area contributed by atoms with Crippen LogP contribution in [0.3, 0.4) is 0 Å². The first-order valence-electron chi connectivity index (χ1n) is 6.21. The lowest BCUT2D eigenvalue weighted by atomic mass is 9.85. The predicted octanol–water partition coefficient (Wildman–Crippen LogP) is 2.73. The molecular weight excluding hydrogens is 212 g/mol. The molecule has 1 aliphatic rings. The van der Waals surface area contributed by atoms with Crippen LogP contribution in [0.4, 0.5) is 0 Å². The second-order valence-electron chi connectivity index (χ2n) is 4.88. The SMILES string of the molecule is CC(=O)Cc1nc(C2CCC2)n2ccccc12. The fourth-order valence-corrected chi connectivity index (χ4v) is 2.45. The zero-order chi connectivity index (χ0) is 11.8. The molecule has 0 aliphatic heterocycles. The van der Waals surface area contributed by atoms with Gasteiger partial charge in [-0.05, 0) is 31.9 Å². The average Bonchev–Trinajstić information content (AvgIpc) is 2.55. The molecule has 2 aromatic heterocycles. The van der Waals surface area contributed by atoms with Gasteiger partial charge in [-0.15, -0.1) is 0 Å². The smallest absolute Gasteiger partial charge is 0.135 e. The number of pyridine rings is 1. The van der Waals surface area contributed by atoms with E-state index in [0.717, 1.165) is 17.0 Å². The summed E-state index contributed by atoms with van der Waals surface area (Å²) in [5.74, 6) is 1.91. The zero-order valence-corrected chi connectivity index (χ0v) is 10.0. The fourth-order valence-electron chi connectivity index (χ4n) is 2.45. The second kappa shape index (κ2) is 3.99. The molecule has 3 heteroatoms. The van der Waals surface area contributed by atoms with Crippen molar-refractivity contribution in [2.75, 3.05) is 0 Å². The molecule has 0 atom stereocenters. The Labute approximate surface area is 100 Å². The normalized spacial score (nSPS) is 16.1. The van der Waals surface area contributed by atoms with E-state index in [4.69, 9.17) is 4.98 Å². The van der Waals surface area contributed by atoms with E-state index >= 15 is 0 Å². The van der Waals surface area contributed by atoms with Crippen LogP contribution in [0.15, 0.2) is 24.4 Å². The largest absolute Gasteiger partial charge is 0.303 e. The highest BCUT2D eigenvalue weighted by atomic mass is 16.1. The van der Waals surface area contributed by atoms with Gasteiger partial charge in [0.15, 0.2) is 0 Å². The molecule has 1 fully saturated rings. The Morgan fingerprint density at radius 3 is 2.94 bits per heavy atom. The number of ketones is 1. The first-order chi connectivity index (χ1) is 8.25. The third-order valence-corrected chi connectivity index (χ3v) is 3.54. The third kappa shape index (κ3) is 1.75. The van der Waals surface area contributed by atoms with Crippen molar-refractivity contribution in [2.45, 2.75) is 38.5 Å². The molecule has 0 unspecified atom stereocenters. The molecule has 3 rings (SSSR count). The number of hydrogen-bond donors (Lipinski definition) is 0. The molecule has 1 saturated carbocycles. The van der Waals surface area contributed by atoms with Crippen molar-refractivity contribution < 1.29 is 4.79 Å². The molecule has 0 radical (unpaired) electrons. The molecule has 0 bridgehead atoms. The van der Waals surface area contributed by atoms with Gasteiger partial charge in [-0.2, -0.15) is 0 Å². The topological polar surface area (TPSA) is 34.4 Å². The number of carbonyl (C=O) groups excluding carboxylic acids is 1. The summed E-state index contributed by atoms with van der Waals surface area (Å²) in [5.41, 5.74) is 2.02. The van der Waals surface area contributed by atoms with Crippen molar-refractivity contribution in [1.82, 2.24) is 9.38 Å². The minimum Gasteiger partial charge on any atom is -0.303 e. The Bertz CT molecular complexity index is 567. The maximum Gasteiger partial charge on any atom is 0.135 e. The first kappa shape index (κ1) is 10.5. The lowest BCUT2D eigenvalue weighted by molar-refractivity contribution is -0.116. The molecule has 0 amide bonds. The summed E-state index contributed by atoms with van der Waals surface area (Å²) in [6.45, 7) is 1.62. The van der Waals surface area contributed by atoms with E-state index in [1.54, 1.807) is 6.92 Å². The van der Waals surface area contributed by atoms with E-state index in [1.807, 2.05) is 18.2 Å². The van der Waals surface area contributed by atoms with Crippen molar-refractivity contribution in [2.24, 2.45) is 0 Å². The molecule has 2 heterocycles. The quantitative estimate of drug-likeness (QED) is 0.809. The van der Waals surface area contributed by atoms with E-state index in [9.17, 15) is 4.79 Å². The van der Waals surface area contributed by atoms with Crippen LogP contribution >= 0.6 is 0 Å². The molecule has 17 heavy (non-hydrogen) atoms. The predicted molar refractivity (Wildman–Crippen MR) is 66.2 cm³/mol. The first-order valence-corrected chi connectivity index (χ1v) is 6.21. The second-order valence-corrected chi connectivity index (χ2v) is 4.88. The molecule has 0 spiro atoms. The Balaban J connectivity index is 2.12. The van der Waals surface area contributed by atoms with Crippen LogP contribution in [0.1, 0.15) is 43.6 Å². The lowest BCUT2D eigenvalue weighted by Gasteiger charge is -2.23. The van der Waals surface area contributed by atoms with Crippen LogP contribution in [0, 0.1) is 0 Å². The Morgan fingerprint density at radius 1 is 1.47 bits per heavy atom. The van der Waals surface area contributed by atoms with Crippen molar-refractivity contribution in [3.05, 3.63) is 35.9 Å². The van der Waals surface area contributed by atoms with Crippen LogP contribution in [0.5, 0.6) is 0 Å². The number of rotatable bonds is 3. The molecule has 2 aromatic rings. The number of nitrogens with zero attached hydrogens (tertiary/aromatic N) is 2. The van der Waals surface area contributed by atoms with Gasteiger partial charge in [0, 0.05) is 12.1 Å². The summed E-state index contributed by atoms with van der Waals surface area (Å²) in [6.07, 6.45) is 6.26. The molecule has 88 valence electrons. The van der Waals surface area contributed by atoms with Gasteiger partial charge in [-0.25, -0.2) is 4.98 Å². The van der Waals surface area contributed by atoms with E-state index < -0.39 is 0 Å². The summed E-state index contributed by atoms with van der Waals surface area (Å²) in [6, 6.07) is 6.08. The van der Waals surface area contributed by atoms with Crippen LogP contribution in [0.25, 0.3) is 5.52 Å². The summed E-state index contributed by atoms with van der Waals surface area (Å²) in [4.78, 5) is 16.0. The van der Waals surface area contributed by atoms with Crippen molar-refractivity contribution in [3.63, 3.8) is 0 Å². The van der Waals surface area contributed by atoms with Crippen molar-refractivity contribution in [3.8, 4) is 0 Å². The Kier molecular flexibility index (Phi) is 2.46. The molecule has 0 N–H and O–H groups in total. The van der Waals surface area contributed by atoms with Crippen LogP contribution < -0.4 is 0 Å². The summed E-state index contributed by atoms with van der Waals surface area (Å²) in [5, 5.41) is 0. The average molecular weight is 228 g/mol. The minimum atomic E-state index is 0.175. The van der Waals surface area contributed by atoms with Gasteiger partial charge in [0.2, 0.25) is 0 Å². The van der Waals surface area contributed by atoms with E-state index in [1.165, 1.54) is 19.3 Å². The van der Waals surface area contributed by atoms with E-state index in [0.29, 0.717) is 12.3 Å². The fraction of sp³-hybridized carbons (Fsp3) is 0.429. The van der Waals surface area contributed by atoms with Gasteiger partial charge in [-0.3, -0.25) is 4.79 Å². The van der Waals surface area contributed by atoms with Gasteiger partial charge in [0.25, 0.3) is 0 Å². The van der Waals surface area contributed by atoms with E-state index in [-0.39, 0.29) is 5.78 Å². The highest BCUT2D eigenvalue weighted by molar-refractivity contribution is 5.80.